The maximum Gasteiger partial charge on any atom is 0.238 e. The molecule has 1 aliphatic carbocycles. The number of primary amides is 1. The number of nitrogens with two attached hydrogens (primary N) is 1. The zero-order valence-electron chi connectivity index (χ0n) is 18.7. The van der Waals surface area contributed by atoms with Crippen molar-refractivity contribution in [3.63, 3.8) is 0 Å². The van der Waals surface area contributed by atoms with E-state index in [-0.39, 0.29) is 18.4 Å². The molecule has 1 saturated carbocycles. The van der Waals surface area contributed by atoms with Crippen LogP contribution in [0.3, 0.4) is 0 Å². The number of thioether (sulfide) groups is 2. The van der Waals surface area contributed by atoms with Crippen molar-refractivity contribution in [3.05, 3.63) is 35.4 Å². The maximum atomic E-state index is 12.6. The lowest BCUT2D eigenvalue weighted by molar-refractivity contribution is -0.124. The molecule has 1 aromatic rings. The SMILES string of the molecule is CCC1CC1NC(C)C(=O)CNC(CC)(CSCc1ccccc1CSC)C(N)=O. The molecule has 0 aliphatic heterocycles. The van der Waals surface area contributed by atoms with Gasteiger partial charge in [-0.05, 0) is 43.1 Å². The number of ketones is 1. The molecule has 0 aromatic heterocycles. The fourth-order valence-corrected chi connectivity index (χ4v) is 5.66. The molecule has 0 radical (unpaired) electrons. The third kappa shape index (κ3) is 7.01. The van der Waals surface area contributed by atoms with Crippen molar-refractivity contribution in [3.8, 4) is 0 Å². The number of carbonyl (C=O) groups is 2. The van der Waals surface area contributed by atoms with E-state index in [1.165, 1.54) is 11.1 Å². The van der Waals surface area contributed by atoms with E-state index in [0.29, 0.717) is 24.1 Å². The Morgan fingerprint density at radius 2 is 1.90 bits per heavy atom. The van der Waals surface area contributed by atoms with Gasteiger partial charge in [0.05, 0.1) is 12.6 Å². The molecule has 4 unspecified atom stereocenters. The molecule has 30 heavy (non-hydrogen) atoms. The van der Waals surface area contributed by atoms with Crippen molar-refractivity contribution in [1.29, 1.82) is 0 Å². The zero-order chi connectivity index (χ0) is 22.1. The highest BCUT2D eigenvalue weighted by Crippen LogP contribution is 2.33. The average molecular weight is 452 g/mol. The van der Waals surface area contributed by atoms with E-state index in [9.17, 15) is 9.59 Å². The summed E-state index contributed by atoms with van der Waals surface area (Å²) >= 11 is 3.49. The smallest absolute Gasteiger partial charge is 0.238 e. The van der Waals surface area contributed by atoms with Gasteiger partial charge in [0.15, 0.2) is 5.78 Å². The Morgan fingerprint density at radius 3 is 2.43 bits per heavy atom. The van der Waals surface area contributed by atoms with E-state index in [4.69, 9.17) is 5.73 Å². The largest absolute Gasteiger partial charge is 0.368 e. The topological polar surface area (TPSA) is 84.2 Å². The van der Waals surface area contributed by atoms with Crippen LogP contribution in [-0.2, 0) is 21.1 Å². The molecule has 7 heteroatoms. The molecular weight excluding hydrogens is 414 g/mol. The van der Waals surface area contributed by atoms with Crippen molar-refractivity contribution in [2.75, 3.05) is 18.6 Å². The predicted molar refractivity (Wildman–Crippen MR) is 130 cm³/mol. The molecule has 0 heterocycles. The first-order valence-corrected chi connectivity index (χ1v) is 13.4. The molecule has 2 rings (SSSR count). The van der Waals surface area contributed by atoms with Crippen LogP contribution in [0.1, 0.15) is 51.2 Å². The van der Waals surface area contributed by atoms with Gasteiger partial charge in [-0.25, -0.2) is 0 Å². The van der Waals surface area contributed by atoms with Crippen LogP contribution in [0.5, 0.6) is 0 Å². The van der Waals surface area contributed by atoms with Crippen LogP contribution in [0.15, 0.2) is 24.3 Å². The summed E-state index contributed by atoms with van der Waals surface area (Å²) in [5.41, 5.74) is 7.52. The van der Waals surface area contributed by atoms with Crippen LogP contribution in [0.25, 0.3) is 0 Å². The fraction of sp³-hybridized carbons (Fsp3) is 0.652. The molecule has 1 amide bonds. The zero-order valence-corrected chi connectivity index (χ0v) is 20.3. The molecule has 1 fully saturated rings. The predicted octanol–water partition coefficient (Wildman–Crippen LogP) is 3.35. The number of Topliss-reactive ketones (excluding diaryl/α,β-unsaturated/α-hetero) is 1. The Bertz CT molecular complexity index is 715. The maximum absolute atomic E-state index is 12.6. The van der Waals surface area contributed by atoms with Gasteiger partial charge in [0.1, 0.15) is 5.54 Å². The first-order valence-electron chi connectivity index (χ1n) is 10.8. The quantitative estimate of drug-likeness (QED) is 0.379. The normalized spacial score (nSPS) is 21.1. The third-order valence-corrected chi connectivity index (χ3v) is 7.91. The van der Waals surface area contributed by atoms with Crippen molar-refractivity contribution >= 4 is 35.2 Å². The lowest BCUT2D eigenvalue weighted by Gasteiger charge is -2.31. The minimum atomic E-state index is -0.875. The molecule has 0 spiro atoms. The molecule has 5 nitrogen and oxygen atoms in total. The van der Waals surface area contributed by atoms with Crippen molar-refractivity contribution in [1.82, 2.24) is 10.6 Å². The number of nitrogens with one attached hydrogen (secondary N) is 2. The van der Waals surface area contributed by atoms with Crippen molar-refractivity contribution < 1.29 is 9.59 Å². The van der Waals surface area contributed by atoms with E-state index in [2.05, 4.69) is 48.1 Å². The first-order chi connectivity index (χ1) is 14.4. The Labute approximate surface area is 190 Å². The standard InChI is InChI=1S/C23H37N3O2S2/c1-5-17-11-20(17)26-16(3)21(27)12-25-23(6-2,22(24)28)15-30-14-19-10-8-7-9-18(19)13-29-4/h7-10,16-17,20,25-26H,5-6,11-15H2,1-4H3,(H2,24,28). The molecule has 168 valence electrons. The Kier molecular flexibility index (Phi) is 10.2. The molecule has 0 saturated heterocycles. The summed E-state index contributed by atoms with van der Waals surface area (Å²) in [6.45, 7) is 6.19. The molecule has 4 atom stereocenters. The Hall–Kier alpha value is -1.02. The van der Waals surface area contributed by atoms with Gasteiger partial charge in [0.2, 0.25) is 5.91 Å². The molecule has 1 aromatic carbocycles. The summed E-state index contributed by atoms with van der Waals surface area (Å²) in [4.78, 5) is 24.9. The monoisotopic (exact) mass is 451 g/mol. The van der Waals surface area contributed by atoms with E-state index in [0.717, 1.165) is 24.3 Å². The second kappa shape index (κ2) is 12.1. The van der Waals surface area contributed by atoms with Crippen molar-refractivity contribution in [2.24, 2.45) is 11.7 Å². The summed E-state index contributed by atoms with van der Waals surface area (Å²) in [6, 6.07) is 8.65. The number of hydrogen-bond donors (Lipinski definition) is 3. The Balaban J connectivity index is 1.90. The number of amides is 1. The summed E-state index contributed by atoms with van der Waals surface area (Å²) in [5, 5.41) is 6.63. The highest BCUT2D eigenvalue weighted by atomic mass is 32.2. The summed E-state index contributed by atoms with van der Waals surface area (Å²) in [6.07, 6.45) is 4.95. The number of hydrogen-bond acceptors (Lipinski definition) is 6. The third-order valence-electron chi connectivity index (χ3n) is 6.09. The van der Waals surface area contributed by atoms with Crippen LogP contribution < -0.4 is 16.4 Å². The van der Waals surface area contributed by atoms with Gasteiger partial charge >= 0.3 is 0 Å². The molecule has 1 aliphatic rings. The molecular formula is C23H37N3O2S2. The first kappa shape index (κ1) is 25.2. The van der Waals surface area contributed by atoms with Gasteiger partial charge in [-0.15, -0.1) is 0 Å². The second-order valence-electron chi connectivity index (χ2n) is 8.21. The number of rotatable bonds is 15. The van der Waals surface area contributed by atoms with Gasteiger partial charge in [-0.1, -0.05) is 44.5 Å². The van der Waals surface area contributed by atoms with Gasteiger partial charge in [-0.3, -0.25) is 14.9 Å². The minimum absolute atomic E-state index is 0.0751. The van der Waals surface area contributed by atoms with Gasteiger partial charge in [0.25, 0.3) is 0 Å². The lowest BCUT2D eigenvalue weighted by Crippen LogP contribution is -2.59. The molecule has 4 N–H and O–H groups in total. The van der Waals surface area contributed by atoms with Crippen LogP contribution in [0.2, 0.25) is 0 Å². The van der Waals surface area contributed by atoms with Gasteiger partial charge < -0.3 is 11.1 Å². The van der Waals surface area contributed by atoms with Crippen LogP contribution >= 0.6 is 23.5 Å². The second-order valence-corrected chi connectivity index (χ2v) is 10.1. The fourth-order valence-electron chi connectivity index (χ4n) is 3.67. The van der Waals surface area contributed by atoms with E-state index < -0.39 is 11.4 Å². The average Bonchev–Trinajstić information content (AvgIpc) is 3.49. The number of carbonyl (C=O) groups excluding carboxylic acids is 2. The summed E-state index contributed by atoms with van der Waals surface area (Å²) < 4.78 is 0. The molecule has 0 bridgehead atoms. The van der Waals surface area contributed by atoms with E-state index in [1.807, 2.05) is 13.8 Å². The van der Waals surface area contributed by atoms with Gasteiger partial charge in [-0.2, -0.15) is 23.5 Å². The van der Waals surface area contributed by atoms with Crippen LogP contribution in [0.4, 0.5) is 0 Å². The van der Waals surface area contributed by atoms with Crippen LogP contribution in [-0.4, -0.2) is 47.9 Å². The lowest BCUT2D eigenvalue weighted by atomic mass is 9.97. The summed E-state index contributed by atoms with van der Waals surface area (Å²) in [5.74, 6) is 2.71. The van der Waals surface area contributed by atoms with Crippen LogP contribution in [0, 0.1) is 5.92 Å². The summed E-state index contributed by atoms with van der Waals surface area (Å²) in [7, 11) is 0. The highest BCUT2D eigenvalue weighted by Gasteiger charge is 2.38. The van der Waals surface area contributed by atoms with Crippen molar-refractivity contribution in [2.45, 2.75) is 69.2 Å². The number of benzene rings is 1. The highest BCUT2D eigenvalue weighted by molar-refractivity contribution is 7.98. The van der Waals surface area contributed by atoms with Gasteiger partial charge in [0, 0.05) is 23.3 Å². The Morgan fingerprint density at radius 1 is 1.23 bits per heavy atom. The minimum Gasteiger partial charge on any atom is -0.368 e. The van der Waals surface area contributed by atoms with E-state index in [1.54, 1.807) is 23.5 Å². The van der Waals surface area contributed by atoms with E-state index >= 15 is 0 Å².